The predicted octanol–water partition coefficient (Wildman–Crippen LogP) is 1.03. The van der Waals surface area contributed by atoms with Gasteiger partial charge in [-0.05, 0) is 18.2 Å². The van der Waals surface area contributed by atoms with E-state index in [0.29, 0.717) is 5.75 Å². The van der Waals surface area contributed by atoms with Crippen molar-refractivity contribution in [2.45, 2.75) is 6.05 Å². The van der Waals surface area contributed by atoms with Crippen molar-refractivity contribution in [1.29, 1.82) is 0 Å². The molecule has 80 valence electrons. The van der Waals surface area contributed by atoms with Crippen LogP contribution in [0.1, 0.15) is 5.56 Å². The molecule has 1 aromatic rings. The first kappa shape index (κ1) is 9.85. The molecule has 3 N–H and O–H groups in total. The number of nitrogens with one attached hydrogen (secondary N) is 1. The first-order valence-corrected chi connectivity index (χ1v) is 4.21. The fourth-order valence-electron chi connectivity index (χ4n) is 1.29. The van der Waals surface area contributed by atoms with Crippen molar-refractivity contribution in [3.63, 3.8) is 0 Å². The van der Waals surface area contributed by atoms with E-state index in [0.717, 1.165) is 12.1 Å². The van der Waals surface area contributed by atoms with E-state index in [1.165, 1.54) is 6.07 Å². The summed E-state index contributed by atoms with van der Waals surface area (Å²) in [5.41, 5.74) is 4.49. The summed E-state index contributed by atoms with van der Waals surface area (Å²) in [6, 6.07) is 0.199. The van der Waals surface area contributed by atoms with E-state index in [1.54, 1.807) is 0 Å². The zero-order chi connectivity index (χ0) is 11.1. The number of ether oxygens (including phenoxy) is 1. The van der Waals surface area contributed by atoms with Crippen LogP contribution in [0.3, 0.4) is 0 Å². The zero-order valence-corrected chi connectivity index (χ0v) is 7.59. The summed E-state index contributed by atoms with van der Waals surface area (Å²) in [6.07, 6.45) is 0. The molecule has 15 heavy (non-hydrogen) atoms. The first-order chi connectivity index (χ1) is 6.97. The summed E-state index contributed by atoms with van der Waals surface area (Å²) in [5.74, 6) is -0.0115. The maximum absolute atomic E-state index is 12.7. The van der Waals surface area contributed by atoms with E-state index in [1.807, 2.05) is 0 Å². The fourth-order valence-corrected chi connectivity index (χ4v) is 1.29. The average molecular weight is 214 g/mol. The van der Waals surface area contributed by atoms with Crippen LogP contribution < -0.4 is 15.8 Å². The summed E-state index contributed by atoms with van der Waals surface area (Å²) < 4.78 is 30.5. The molecule has 1 heterocycles. The third-order valence-corrected chi connectivity index (χ3v) is 2.00. The Morgan fingerprint density at radius 2 is 2.20 bits per heavy atom. The lowest BCUT2D eigenvalue weighted by atomic mass is 10.1. The Bertz CT molecular complexity index is 415. The van der Waals surface area contributed by atoms with Gasteiger partial charge in [0.25, 0.3) is 5.91 Å². The number of fused-ring (bicyclic) bond motifs is 1. The highest BCUT2D eigenvalue weighted by Gasteiger charge is 2.27. The molecule has 1 amide bonds. The van der Waals surface area contributed by atoms with Gasteiger partial charge in [0.1, 0.15) is 5.75 Å². The van der Waals surface area contributed by atoms with Crippen LogP contribution in [0.15, 0.2) is 18.2 Å². The topological polar surface area (TPSA) is 64.3 Å². The summed E-state index contributed by atoms with van der Waals surface area (Å²) in [7, 11) is 0. The number of alkyl halides is 2. The number of anilines is 1. The van der Waals surface area contributed by atoms with Gasteiger partial charge in [-0.3, -0.25) is 10.5 Å². The van der Waals surface area contributed by atoms with E-state index in [2.05, 4.69) is 11.1 Å². The Labute approximate surface area is 84.0 Å². The average Bonchev–Trinajstić information content (AvgIpc) is 2.15. The molecule has 1 aliphatic heterocycles. The molecule has 0 fully saturated rings. The van der Waals surface area contributed by atoms with E-state index < -0.39 is 6.05 Å². The van der Waals surface area contributed by atoms with Crippen LogP contribution in [-0.2, 0) is 10.8 Å². The normalized spacial score (nSPS) is 15.3. The number of rotatable bonds is 1. The van der Waals surface area contributed by atoms with Gasteiger partial charge in [-0.25, -0.2) is 0 Å². The molecule has 4 nitrogen and oxygen atoms in total. The minimum Gasteiger partial charge on any atom is -0.482 e. The van der Waals surface area contributed by atoms with Crippen molar-refractivity contribution in [2.75, 3.05) is 11.9 Å². The zero-order valence-electron chi connectivity index (χ0n) is 7.59. The minimum atomic E-state index is -3.42. The second-order valence-corrected chi connectivity index (χ2v) is 3.17. The lowest BCUT2D eigenvalue weighted by Crippen LogP contribution is -2.28. The minimum absolute atomic E-state index is 0.106. The highest BCUT2D eigenvalue weighted by atomic mass is 19.3. The number of nitrogens with two attached hydrogens (primary N) is 1. The highest BCUT2D eigenvalue weighted by molar-refractivity contribution is 5.95. The molecule has 0 aliphatic carbocycles. The molecule has 6 heteroatoms. The van der Waals surface area contributed by atoms with Crippen molar-refractivity contribution in [1.82, 2.24) is 0 Å². The van der Waals surface area contributed by atoms with Gasteiger partial charge in [0.15, 0.2) is 6.61 Å². The molecule has 0 aromatic heterocycles. The van der Waals surface area contributed by atoms with Crippen molar-refractivity contribution >= 4 is 11.6 Å². The van der Waals surface area contributed by atoms with E-state index in [9.17, 15) is 13.6 Å². The van der Waals surface area contributed by atoms with Crippen LogP contribution in [-0.4, -0.2) is 12.5 Å². The molecule has 2 rings (SSSR count). The Morgan fingerprint density at radius 3 is 2.87 bits per heavy atom. The molecule has 0 spiro atoms. The maximum atomic E-state index is 12.7. The number of carbonyl (C=O) groups excluding carboxylic acids is 1. The Balaban J connectivity index is 2.41. The molecule has 0 atom stereocenters. The van der Waals surface area contributed by atoms with E-state index in [-0.39, 0.29) is 23.8 Å². The second kappa shape index (κ2) is 3.16. The van der Waals surface area contributed by atoms with Gasteiger partial charge in [-0.1, -0.05) is 0 Å². The monoisotopic (exact) mass is 214 g/mol. The largest absolute Gasteiger partial charge is 0.482 e. The number of carbonyl (C=O) groups is 1. The number of hydrogen-bond donors (Lipinski definition) is 2. The fraction of sp³-hybridized carbons (Fsp3) is 0.222. The SMILES string of the molecule is NC(F)(F)c1ccc2c(c1)NC(=O)CO2. The van der Waals surface area contributed by atoms with Crippen LogP contribution in [0.4, 0.5) is 14.5 Å². The van der Waals surface area contributed by atoms with Crippen molar-refractivity contribution < 1.29 is 18.3 Å². The highest BCUT2D eigenvalue weighted by Crippen LogP contribution is 2.32. The lowest BCUT2D eigenvalue weighted by Gasteiger charge is -2.19. The summed E-state index contributed by atoms with van der Waals surface area (Å²) in [6.45, 7) is -0.106. The maximum Gasteiger partial charge on any atom is 0.327 e. The van der Waals surface area contributed by atoms with Gasteiger partial charge >= 0.3 is 6.05 Å². The van der Waals surface area contributed by atoms with Gasteiger partial charge in [-0.15, -0.1) is 0 Å². The van der Waals surface area contributed by atoms with Crippen molar-refractivity contribution in [3.8, 4) is 5.75 Å². The Hall–Kier alpha value is -1.69. The molecule has 0 saturated carbocycles. The van der Waals surface area contributed by atoms with Crippen LogP contribution in [0, 0.1) is 0 Å². The van der Waals surface area contributed by atoms with Crippen LogP contribution in [0.2, 0.25) is 0 Å². The molecule has 0 unspecified atom stereocenters. The molecule has 0 bridgehead atoms. The first-order valence-electron chi connectivity index (χ1n) is 4.21. The molecule has 0 radical (unpaired) electrons. The van der Waals surface area contributed by atoms with Crippen molar-refractivity contribution in [2.24, 2.45) is 5.73 Å². The number of hydrogen-bond acceptors (Lipinski definition) is 3. The van der Waals surface area contributed by atoms with Crippen LogP contribution >= 0.6 is 0 Å². The standard InChI is InChI=1S/C9H8F2N2O2/c10-9(11,12)5-1-2-7-6(3-5)13-8(14)4-15-7/h1-3H,4,12H2,(H,13,14). The molecule has 1 aromatic carbocycles. The third-order valence-electron chi connectivity index (χ3n) is 2.00. The summed E-state index contributed by atoms with van der Waals surface area (Å²) in [4.78, 5) is 10.9. The number of benzene rings is 1. The summed E-state index contributed by atoms with van der Waals surface area (Å²) >= 11 is 0. The van der Waals surface area contributed by atoms with Crippen LogP contribution in [0.5, 0.6) is 5.75 Å². The van der Waals surface area contributed by atoms with Gasteiger partial charge < -0.3 is 10.1 Å². The van der Waals surface area contributed by atoms with E-state index in [4.69, 9.17) is 4.74 Å². The summed E-state index contributed by atoms with van der Waals surface area (Å²) in [5, 5.41) is 2.42. The van der Waals surface area contributed by atoms with Gasteiger partial charge in [0, 0.05) is 5.56 Å². The number of halogens is 2. The molecule has 1 aliphatic rings. The quantitative estimate of drug-likeness (QED) is 0.686. The van der Waals surface area contributed by atoms with E-state index >= 15 is 0 Å². The lowest BCUT2D eigenvalue weighted by molar-refractivity contribution is -0.118. The van der Waals surface area contributed by atoms with Gasteiger partial charge in [0.2, 0.25) is 0 Å². The molecular formula is C9H8F2N2O2. The predicted molar refractivity (Wildman–Crippen MR) is 48.6 cm³/mol. The molecular weight excluding hydrogens is 206 g/mol. The Kier molecular flexibility index (Phi) is 2.08. The van der Waals surface area contributed by atoms with Crippen LogP contribution in [0.25, 0.3) is 0 Å². The third kappa shape index (κ3) is 1.89. The smallest absolute Gasteiger partial charge is 0.327 e. The van der Waals surface area contributed by atoms with Gasteiger partial charge in [-0.2, -0.15) is 8.78 Å². The Morgan fingerprint density at radius 1 is 1.47 bits per heavy atom. The molecule has 0 saturated heterocycles. The second-order valence-electron chi connectivity index (χ2n) is 3.17. The van der Waals surface area contributed by atoms with Crippen molar-refractivity contribution in [3.05, 3.63) is 23.8 Å². The number of amides is 1. The van der Waals surface area contributed by atoms with Gasteiger partial charge in [0.05, 0.1) is 5.69 Å².